The smallest absolute Gasteiger partial charge is 0.342 e. The number of ether oxygens (including phenoxy) is 1. The third-order valence-corrected chi connectivity index (χ3v) is 2.59. The molecule has 0 atom stereocenters. The highest BCUT2D eigenvalue weighted by molar-refractivity contribution is 5.96. The van der Waals surface area contributed by atoms with E-state index in [-0.39, 0.29) is 11.3 Å². The first-order valence-corrected chi connectivity index (χ1v) is 6.10. The van der Waals surface area contributed by atoms with Crippen molar-refractivity contribution < 1.29 is 24.5 Å². The number of phenols is 2. The van der Waals surface area contributed by atoms with Crippen molar-refractivity contribution in [2.75, 3.05) is 11.9 Å². The summed E-state index contributed by atoms with van der Waals surface area (Å²) in [6.07, 6.45) is 0. The standard InChI is InChI=1S/C15H13NO5/c17-11-6-7-12(13(18)8-11)15(20)21-9-14(19)16-10-4-2-1-3-5-10/h1-8,17-18H,9H2,(H,16,19). The highest BCUT2D eigenvalue weighted by Gasteiger charge is 2.14. The summed E-state index contributed by atoms with van der Waals surface area (Å²) >= 11 is 0. The lowest BCUT2D eigenvalue weighted by Gasteiger charge is -2.07. The lowest BCUT2D eigenvalue weighted by Crippen LogP contribution is -2.20. The van der Waals surface area contributed by atoms with E-state index < -0.39 is 24.2 Å². The number of carbonyl (C=O) groups is 2. The highest BCUT2D eigenvalue weighted by Crippen LogP contribution is 2.23. The van der Waals surface area contributed by atoms with E-state index in [2.05, 4.69) is 5.32 Å². The number of rotatable bonds is 4. The molecule has 0 saturated carbocycles. The number of carbonyl (C=O) groups excluding carboxylic acids is 2. The van der Waals surface area contributed by atoms with Gasteiger partial charge in [0.05, 0.1) is 0 Å². The van der Waals surface area contributed by atoms with Gasteiger partial charge in [-0.15, -0.1) is 0 Å². The van der Waals surface area contributed by atoms with Crippen LogP contribution in [0, 0.1) is 0 Å². The molecule has 0 radical (unpaired) electrons. The number of esters is 1. The van der Waals surface area contributed by atoms with E-state index in [1.165, 1.54) is 12.1 Å². The summed E-state index contributed by atoms with van der Waals surface area (Å²) < 4.78 is 4.79. The Morgan fingerprint density at radius 3 is 2.43 bits per heavy atom. The largest absolute Gasteiger partial charge is 0.508 e. The Labute approximate surface area is 120 Å². The van der Waals surface area contributed by atoms with Crippen molar-refractivity contribution in [2.45, 2.75) is 0 Å². The maximum atomic E-state index is 11.7. The average Bonchev–Trinajstić information content (AvgIpc) is 2.46. The number of hydrogen-bond acceptors (Lipinski definition) is 5. The minimum Gasteiger partial charge on any atom is -0.508 e. The van der Waals surface area contributed by atoms with Crippen LogP contribution < -0.4 is 5.32 Å². The van der Waals surface area contributed by atoms with E-state index in [1.54, 1.807) is 24.3 Å². The van der Waals surface area contributed by atoms with Gasteiger partial charge >= 0.3 is 5.97 Å². The molecule has 0 aliphatic heterocycles. The minimum atomic E-state index is -0.851. The maximum absolute atomic E-state index is 11.7. The van der Waals surface area contributed by atoms with Gasteiger partial charge in [0.15, 0.2) is 6.61 Å². The zero-order valence-electron chi connectivity index (χ0n) is 10.9. The van der Waals surface area contributed by atoms with Crippen LogP contribution in [0.1, 0.15) is 10.4 Å². The van der Waals surface area contributed by atoms with Gasteiger partial charge < -0.3 is 20.3 Å². The van der Waals surface area contributed by atoms with Crippen molar-refractivity contribution in [3.63, 3.8) is 0 Å². The van der Waals surface area contributed by atoms with Gasteiger partial charge in [-0.3, -0.25) is 4.79 Å². The first kappa shape index (κ1) is 14.4. The van der Waals surface area contributed by atoms with Gasteiger partial charge in [-0.1, -0.05) is 18.2 Å². The predicted octanol–water partition coefficient (Wildman–Crippen LogP) is 1.89. The number of anilines is 1. The van der Waals surface area contributed by atoms with Crippen molar-refractivity contribution in [1.82, 2.24) is 0 Å². The van der Waals surface area contributed by atoms with E-state index in [9.17, 15) is 14.7 Å². The normalized spacial score (nSPS) is 9.90. The average molecular weight is 287 g/mol. The fourth-order valence-corrected chi connectivity index (χ4v) is 1.62. The minimum absolute atomic E-state index is 0.125. The molecule has 6 heteroatoms. The summed E-state index contributed by atoms with van der Waals surface area (Å²) in [5.41, 5.74) is 0.464. The fourth-order valence-electron chi connectivity index (χ4n) is 1.62. The van der Waals surface area contributed by atoms with Gasteiger partial charge in [-0.2, -0.15) is 0 Å². The van der Waals surface area contributed by atoms with Crippen LogP contribution in [0.15, 0.2) is 48.5 Å². The van der Waals surface area contributed by atoms with Crippen molar-refractivity contribution >= 4 is 17.6 Å². The van der Waals surface area contributed by atoms with Gasteiger partial charge in [0.1, 0.15) is 17.1 Å². The van der Waals surface area contributed by atoms with E-state index in [1.807, 2.05) is 6.07 Å². The van der Waals surface area contributed by atoms with Crippen molar-refractivity contribution in [3.05, 3.63) is 54.1 Å². The lowest BCUT2D eigenvalue weighted by molar-refractivity contribution is -0.119. The number of amides is 1. The van der Waals surface area contributed by atoms with Crippen LogP contribution in [-0.2, 0) is 9.53 Å². The quantitative estimate of drug-likeness (QED) is 0.746. The van der Waals surface area contributed by atoms with E-state index in [4.69, 9.17) is 9.84 Å². The molecule has 108 valence electrons. The molecule has 1 amide bonds. The van der Waals surface area contributed by atoms with Crippen molar-refractivity contribution in [2.24, 2.45) is 0 Å². The number of benzene rings is 2. The molecule has 0 aromatic heterocycles. The monoisotopic (exact) mass is 287 g/mol. The zero-order chi connectivity index (χ0) is 15.2. The fraction of sp³-hybridized carbons (Fsp3) is 0.0667. The molecule has 21 heavy (non-hydrogen) atoms. The molecule has 0 fully saturated rings. The van der Waals surface area contributed by atoms with Crippen LogP contribution in [0.25, 0.3) is 0 Å². The van der Waals surface area contributed by atoms with E-state index in [0.29, 0.717) is 5.69 Å². The molecule has 0 aliphatic carbocycles. The van der Waals surface area contributed by atoms with E-state index >= 15 is 0 Å². The van der Waals surface area contributed by atoms with Crippen LogP contribution in [0.2, 0.25) is 0 Å². The number of hydrogen-bond donors (Lipinski definition) is 3. The summed E-state index contributed by atoms with van der Waals surface area (Å²) in [5, 5.41) is 21.2. The summed E-state index contributed by atoms with van der Waals surface area (Å²) in [7, 11) is 0. The van der Waals surface area contributed by atoms with Crippen LogP contribution in [-0.4, -0.2) is 28.7 Å². The molecule has 0 bridgehead atoms. The molecule has 2 aromatic rings. The molecular weight excluding hydrogens is 274 g/mol. The first-order valence-electron chi connectivity index (χ1n) is 6.10. The summed E-state index contributed by atoms with van der Waals surface area (Å²) in [5.74, 6) is -1.93. The Kier molecular flexibility index (Phi) is 4.40. The third kappa shape index (κ3) is 3.97. The zero-order valence-corrected chi connectivity index (χ0v) is 10.9. The molecule has 6 nitrogen and oxygen atoms in total. The van der Waals surface area contributed by atoms with Gasteiger partial charge in [-0.05, 0) is 24.3 Å². The molecule has 2 aromatic carbocycles. The number of aromatic hydroxyl groups is 2. The Morgan fingerprint density at radius 1 is 1.05 bits per heavy atom. The second-order valence-corrected chi connectivity index (χ2v) is 4.19. The number of nitrogens with one attached hydrogen (secondary N) is 1. The summed E-state index contributed by atoms with van der Waals surface area (Å²) in [6, 6.07) is 12.2. The Balaban J connectivity index is 1.90. The predicted molar refractivity (Wildman–Crippen MR) is 75.1 cm³/mol. The van der Waals surface area contributed by atoms with Crippen LogP contribution in [0.5, 0.6) is 11.5 Å². The SMILES string of the molecule is O=C(COC(=O)c1ccc(O)cc1O)Nc1ccccc1. The third-order valence-electron chi connectivity index (χ3n) is 2.59. The molecule has 0 unspecified atom stereocenters. The van der Waals surface area contributed by atoms with Crippen LogP contribution in [0.3, 0.4) is 0 Å². The Hall–Kier alpha value is -3.02. The molecule has 0 aliphatic rings. The van der Waals surface area contributed by atoms with Gasteiger partial charge in [0.2, 0.25) is 0 Å². The molecule has 0 saturated heterocycles. The molecular formula is C15H13NO5. The second kappa shape index (κ2) is 6.42. The van der Waals surface area contributed by atoms with Crippen molar-refractivity contribution in [1.29, 1.82) is 0 Å². The topological polar surface area (TPSA) is 95.9 Å². The number of phenolic OH excluding ortho intramolecular Hbond substituents is 2. The highest BCUT2D eigenvalue weighted by atomic mass is 16.5. The Bertz CT molecular complexity index is 654. The van der Waals surface area contributed by atoms with Gasteiger partial charge in [0, 0.05) is 11.8 Å². The van der Waals surface area contributed by atoms with Crippen LogP contribution >= 0.6 is 0 Å². The number of para-hydroxylation sites is 1. The molecule has 0 spiro atoms. The van der Waals surface area contributed by atoms with Crippen LogP contribution in [0.4, 0.5) is 5.69 Å². The van der Waals surface area contributed by atoms with E-state index in [0.717, 1.165) is 6.07 Å². The Morgan fingerprint density at radius 2 is 1.76 bits per heavy atom. The summed E-state index contributed by atoms with van der Waals surface area (Å²) in [6.45, 7) is -0.478. The maximum Gasteiger partial charge on any atom is 0.342 e. The van der Waals surface area contributed by atoms with Gasteiger partial charge in [0.25, 0.3) is 5.91 Å². The lowest BCUT2D eigenvalue weighted by atomic mass is 10.2. The summed E-state index contributed by atoms with van der Waals surface area (Å²) in [4.78, 5) is 23.3. The van der Waals surface area contributed by atoms with Gasteiger partial charge in [-0.25, -0.2) is 4.79 Å². The first-order chi connectivity index (χ1) is 10.1. The second-order valence-electron chi connectivity index (χ2n) is 4.19. The molecule has 2 rings (SSSR count). The molecule has 3 N–H and O–H groups in total. The van der Waals surface area contributed by atoms with Crippen molar-refractivity contribution in [3.8, 4) is 11.5 Å². The molecule has 0 heterocycles.